The first kappa shape index (κ1) is 7.34. The van der Waals surface area contributed by atoms with E-state index < -0.39 is 0 Å². The monoisotopic (exact) mass is 161 g/mol. The largest absolute Gasteiger partial charge is 0.286 e. The molecule has 56 valence electrons. The van der Waals surface area contributed by atoms with Gasteiger partial charge in [-0.25, -0.2) is 0 Å². The number of hydrogen-bond donors (Lipinski definition) is 2. The average molecular weight is 162 g/mol. The Morgan fingerprint density at radius 3 is 3.00 bits per heavy atom. The zero-order valence-electron chi connectivity index (χ0n) is 5.35. The molecule has 5 heteroatoms. The summed E-state index contributed by atoms with van der Waals surface area (Å²) >= 11 is 5.36. The summed E-state index contributed by atoms with van der Waals surface area (Å²) in [4.78, 5) is 10.6. The number of alkyl halides is 1. The minimum Gasteiger partial charge on any atom is -0.286 e. The van der Waals surface area contributed by atoms with Crippen molar-refractivity contribution in [1.29, 1.82) is 5.41 Å². The number of hydrazine groups is 1. The Bertz CT molecular complexity index is 170. The van der Waals surface area contributed by atoms with Gasteiger partial charge in [-0.15, -0.1) is 11.6 Å². The molecule has 0 radical (unpaired) electrons. The van der Waals surface area contributed by atoms with E-state index >= 15 is 0 Å². The van der Waals surface area contributed by atoms with Crippen LogP contribution in [0.5, 0.6) is 0 Å². The van der Waals surface area contributed by atoms with Gasteiger partial charge in [-0.05, 0) is 0 Å². The van der Waals surface area contributed by atoms with E-state index in [2.05, 4.69) is 5.43 Å². The van der Waals surface area contributed by atoms with Crippen LogP contribution in [0.4, 0.5) is 0 Å². The summed E-state index contributed by atoms with van der Waals surface area (Å²) in [6.45, 7) is 0.560. The highest BCUT2D eigenvalue weighted by Gasteiger charge is 2.19. The van der Waals surface area contributed by atoms with E-state index in [0.29, 0.717) is 13.0 Å². The average Bonchev–Trinajstić information content (AvgIpc) is 2.34. The number of nitrogens with zero attached hydrogens (tertiary/aromatic N) is 1. The molecule has 4 nitrogen and oxygen atoms in total. The molecule has 0 bridgehead atoms. The molecule has 1 amide bonds. The zero-order chi connectivity index (χ0) is 7.56. The molecule has 0 aromatic carbocycles. The zero-order valence-corrected chi connectivity index (χ0v) is 6.11. The molecular weight excluding hydrogens is 154 g/mol. The lowest BCUT2D eigenvalue weighted by Crippen LogP contribution is -2.38. The van der Waals surface area contributed by atoms with Crippen LogP contribution in [-0.4, -0.2) is 29.2 Å². The van der Waals surface area contributed by atoms with Gasteiger partial charge < -0.3 is 0 Å². The SMILES string of the molecule is N=C(CCl)N1CCC(=O)N1. The maximum absolute atomic E-state index is 10.6. The fourth-order valence-electron chi connectivity index (χ4n) is 0.750. The van der Waals surface area contributed by atoms with Crippen molar-refractivity contribution in [2.45, 2.75) is 6.42 Å². The number of halogens is 1. The maximum atomic E-state index is 10.6. The maximum Gasteiger partial charge on any atom is 0.240 e. The molecule has 0 spiro atoms. The number of carbonyl (C=O) groups is 1. The highest BCUT2D eigenvalue weighted by Crippen LogP contribution is 1.98. The van der Waals surface area contributed by atoms with E-state index in [-0.39, 0.29) is 17.6 Å². The van der Waals surface area contributed by atoms with Gasteiger partial charge >= 0.3 is 0 Å². The molecule has 0 aromatic rings. The van der Waals surface area contributed by atoms with Crippen molar-refractivity contribution in [3.63, 3.8) is 0 Å². The van der Waals surface area contributed by atoms with Crippen molar-refractivity contribution in [2.75, 3.05) is 12.4 Å². The van der Waals surface area contributed by atoms with Crippen LogP contribution in [0.25, 0.3) is 0 Å². The second-order valence-corrected chi connectivity index (χ2v) is 2.28. The van der Waals surface area contributed by atoms with Crippen molar-refractivity contribution in [1.82, 2.24) is 10.4 Å². The fraction of sp³-hybridized carbons (Fsp3) is 0.600. The Morgan fingerprint density at radius 1 is 1.90 bits per heavy atom. The molecule has 0 saturated carbocycles. The number of rotatable bonds is 1. The van der Waals surface area contributed by atoms with Gasteiger partial charge in [-0.3, -0.25) is 20.6 Å². The third kappa shape index (κ3) is 1.39. The Labute approximate surface area is 63.6 Å². The molecule has 1 heterocycles. The lowest BCUT2D eigenvalue weighted by Gasteiger charge is -2.15. The molecule has 0 aliphatic carbocycles. The highest BCUT2D eigenvalue weighted by atomic mass is 35.5. The Balaban J connectivity index is 2.44. The smallest absolute Gasteiger partial charge is 0.240 e. The molecule has 2 N–H and O–H groups in total. The van der Waals surface area contributed by atoms with Gasteiger partial charge in [-0.1, -0.05) is 0 Å². The molecule has 0 aromatic heterocycles. The standard InChI is InChI=1S/C5H8ClN3O/c6-3-4(7)9-2-1-5(10)8-9/h7H,1-3H2,(H,8,10). The molecule has 10 heavy (non-hydrogen) atoms. The van der Waals surface area contributed by atoms with Crippen molar-refractivity contribution < 1.29 is 4.79 Å². The van der Waals surface area contributed by atoms with Gasteiger partial charge in [0, 0.05) is 13.0 Å². The van der Waals surface area contributed by atoms with Crippen LogP contribution in [0, 0.1) is 5.41 Å². The van der Waals surface area contributed by atoms with Crippen LogP contribution in [0.15, 0.2) is 0 Å². The molecule has 1 aliphatic heterocycles. The number of hydrogen-bond acceptors (Lipinski definition) is 2. The Morgan fingerprint density at radius 2 is 2.60 bits per heavy atom. The van der Waals surface area contributed by atoms with E-state index in [4.69, 9.17) is 17.0 Å². The Hall–Kier alpha value is -0.770. The Kier molecular flexibility index (Phi) is 2.11. The van der Waals surface area contributed by atoms with Crippen molar-refractivity contribution in [3.05, 3.63) is 0 Å². The number of nitrogens with one attached hydrogen (secondary N) is 2. The van der Waals surface area contributed by atoms with Gasteiger partial charge in [0.05, 0.1) is 5.88 Å². The molecule has 1 rings (SSSR count). The lowest BCUT2D eigenvalue weighted by atomic mass is 10.4. The summed E-state index contributed by atoms with van der Waals surface area (Å²) in [5.74, 6) is 0.336. The first-order chi connectivity index (χ1) is 4.74. The minimum atomic E-state index is -0.0464. The third-order valence-corrected chi connectivity index (χ3v) is 1.53. The highest BCUT2D eigenvalue weighted by molar-refractivity contribution is 6.27. The summed E-state index contributed by atoms with van der Waals surface area (Å²) < 4.78 is 0. The number of amides is 1. The van der Waals surface area contributed by atoms with E-state index in [9.17, 15) is 4.79 Å². The lowest BCUT2D eigenvalue weighted by molar-refractivity contribution is -0.120. The summed E-state index contributed by atoms with van der Waals surface area (Å²) in [5.41, 5.74) is 2.49. The second kappa shape index (κ2) is 2.88. The summed E-state index contributed by atoms with van der Waals surface area (Å²) in [6, 6.07) is 0. The number of carbonyl (C=O) groups excluding carboxylic acids is 1. The predicted molar refractivity (Wildman–Crippen MR) is 37.9 cm³/mol. The summed E-state index contributed by atoms with van der Waals surface area (Å²) in [7, 11) is 0. The number of amidine groups is 1. The molecule has 0 atom stereocenters. The topological polar surface area (TPSA) is 56.2 Å². The fourth-order valence-corrected chi connectivity index (χ4v) is 0.895. The van der Waals surface area contributed by atoms with Gasteiger partial charge in [0.15, 0.2) is 0 Å². The predicted octanol–water partition coefficient (Wildman–Crippen LogP) is -0.0606. The summed E-state index contributed by atoms with van der Waals surface area (Å²) in [6.07, 6.45) is 0.458. The quantitative estimate of drug-likeness (QED) is 0.322. The van der Waals surface area contributed by atoms with Crippen LogP contribution in [0.3, 0.4) is 0 Å². The van der Waals surface area contributed by atoms with Crippen molar-refractivity contribution >= 4 is 23.3 Å². The molecule has 1 saturated heterocycles. The third-order valence-electron chi connectivity index (χ3n) is 1.27. The van der Waals surface area contributed by atoms with Crippen LogP contribution < -0.4 is 5.43 Å². The molecule has 1 aliphatic rings. The molecular formula is C5H8ClN3O. The van der Waals surface area contributed by atoms with Crippen LogP contribution >= 0.6 is 11.6 Å². The van der Waals surface area contributed by atoms with Crippen molar-refractivity contribution in [3.8, 4) is 0 Å². The molecule has 1 fully saturated rings. The molecule has 0 unspecified atom stereocenters. The first-order valence-electron chi connectivity index (χ1n) is 2.94. The normalized spacial score (nSPS) is 17.3. The summed E-state index contributed by atoms with van der Waals surface area (Å²) in [5, 5.41) is 8.66. The van der Waals surface area contributed by atoms with Gasteiger partial charge in [0.25, 0.3) is 0 Å². The van der Waals surface area contributed by atoms with Crippen LogP contribution in [-0.2, 0) is 4.79 Å². The van der Waals surface area contributed by atoms with E-state index in [1.165, 1.54) is 5.01 Å². The second-order valence-electron chi connectivity index (χ2n) is 2.02. The van der Waals surface area contributed by atoms with E-state index in [1.54, 1.807) is 0 Å². The van der Waals surface area contributed by atoms with Gasteiger partial charge in [-0.2, -0.15) is 0 Å². The minimum absolute atomic E-state index is 0.0464. The van der Waals surface area contributed by atoms with Crippen LogP contribution in [0.2, 0.25) is 0 Å². The van der Waals surface area contributed by atoms with Gasteiger partial charge in [0.1, 0.15) is 5.84 Å². The first-order valence-corrected chi connectivity index (χ1v) is 3.48. The van der Waals surface area contributed by atoms with E-state index in [1.807, 2.05) is 0 Å². The van der Waals surface area contributed by atoms with Crippen molar-refractivity contribution in [2.24, 2.45) is 0 Å². The van der Waals surface area contributed by atoms with E-state index in [0.717, 1.165) is 0 Å². The van der Waals surface area contributed by atoms with Crippen LogP contribution in [0.1, 0.15) is 6.42 Å². The van der Waals surface area contributed by atoms with Gasteiger partial charge in [0.2, 0.25) is 5.91 Å².